The number of nitrogens with two attached hydrogens (primary N) is 1. The number of carbonyl (C=O) groups is 2. The van der Waals surface area contributed by atoms with Crippen molar-refractivity contribution in [1.82, 2.24) is 10.2 Å². The molecule has 5 heteroatoms. The van der Waals surface area contributed by atoms with E-state index in [0.29, 0.717) is 13.1 Å². The summed E-state index contributed by atoms with van der Waals surface area (Å²) in [6, 6.07) is 0. The molecule has 16 heavy (non-hydrogen) atoms. The fourth-order valence-corrected chi connectivity index (χ4v) is 2.30. The van der Waals surface area contributed by atoms with Gasteiger partial charge in [0.25, 0.3) is 0 Å². The molecule has 1 saturated heterocycles. The first-order valence-corrected chi connectivity index (χ1v) is 5.77. The van der Waals surface area contributed by atoms with Crippen molar-refractivity contribution >= 4 is 11.8 Å². The zero-order valence-corrected chi connectivity index (χ0v) is 9.88. The lowest BCUT2D eigenvalue weighted by atomic mass is 9.75. The van der Waals surface area contributed by atoms with Gasteiger partial charge in [0.2, 0.25) is 11.8 Å². The van der Waals surface area contributed by atoms with E-state index in [2.05, 4.69) is 5.32 Å². The lowest BCUT2D eigenvalue weighted by Crippen LogP contribution is -2.70. The third-order valence-electron chi connectivity index (χ3n) is 3.77. The second kappa shape index (κ2) is 3.45. The number of amides is 2. The summed E-state index contributed by atoms with van der Waals surface area (Å²) in [7, 11) is 0. The van der Waals surface area contributed by atoms with E-state index >= 15 is 0 Å². The molecule has 1 aliphatic carbocycles. The van der Waals surface area contributed by atoms with Crippen LogP contribution in [0.5, 0.6) is 0 Å². The zero-order chi connectivity index (χ0) is 12.0. The lowest BCUT2D eigenvalue weighted by Gasteiger charge is -2.47. The quantitative estimate of drug-likeness (QED) is 0.638. The minimum atomic E-state index is -0.780. The van der Waals surface area contributed by atoms with Crippen LogP contribution in [0.1, 0.15) is 33.1 Å². The number of hydrogen-bond donors (Lipinski definition) is 2. The highest BCUT2D eigenvalue weighted by atomic mass is 16.2. The average Bonchev–Trinajstić information content (AvgIpc) is 2.17. The van der Waals surface area contributed by atoms with Crippen LogP contribution in [0, 0.1) is 0 Å². The highest BCUT2D eigenvalue weighted by molar-refractivity contribution is 5.95. The number of hydrogen-bond acceptors (Lipinski definition) is 3. The standard InChI is InChI=1S/C11H19N3O2/c1-10(2)8(15)13-6-7-14(10)9(16)11(12)4-3-5-11/h3-7,12H2,1-2H3,(H,13,15). The van der Waals surface area contributed by atoms with Crippen molar-refractivity contribution in [3.8, 4) is 0 Å². The van der Waals surface area contributed by atoms with Gasteiger partial charge in [-0.25, -0.2) is 0 Å². The number of piperazine rings is 1. The smallest absolute Gasteiger partial charge is 0.245 e. The van der Waals surface area contributed by atoms with Crippen LogP contribution in [0.2, 0.25) is 0 Å². The molecule has 0 spiro atoms. The molecule has 0 aromatic carbocycles. The van der Waals surface area contributed by atoms with Crippen LogP contribution >= 0.6 is 0 Å². The molecule has 2 amide bonds. The lowest BCUT2D eigenvalue weighted by molar-refractivity contribution is -0.155. The summed E-state index contributed by atoms with van der Waals surface area (Å²) >= 11 is 0. The topological polar surface area (TPSA) is 75.4 Å². The summed E-state index contributed by atoms with van der Waals surface area (Å²) in [6.45, 7) is 4.60. The Balaban J connectivity index is 2.19. The van der Waals surface area contributed by atoms with Gasteiger partial charge in [-0.1, -0.05) is 0 Å². The minimum Gasteiger partial charge on any atom is -0.352 e. The van der Waals surface area contributed by atoms with E-state index < -0.39 is 11.1 Å². The third-order valence-corrected chi connectivity index (χ3v) is 3.77. The van der Waals surface area contributed by atoms with Crippen LogP contribution < -0.4 is 11.1 Å². The summed E-state index contributed by atoms with van der Waals surface area (Å²) < 4.78 is 0. The van der Waals surface area contributed by atoms with E-state index in [0.717, 1.165) is 19.3 Å². The van der Waals surface area contributed by atoms with Crippen molar-refractivity contribution in [2.45, 2.75) is 44.2 Å². The van der Waals surface area contributed by atoms with Crippen LogP contribution in [0.3, 0.4) is 0 Å². The Hall–Kier alpha value is -1.10. The number of nitrogens with one attached hydrogen (secondary N) is 1. The zero-order valence-electron chi connectivity index (χ0n) is 9.88. The maximum atomic E-state index is 12.3. The van der Waals surface area contributed by atoms with Crippen molar-refractivity contribution < 1.29 is 9.59 Å². The molecule has 0 aromatic heterocycles. The van der Waals surface area contributed by atoms with Gasteiger partial charge < -0.3 is 16.0 Å². The first kappa shape index (κ1) is 11.4. The van der Waals surface area contributed by atoms with E-state index in [1.807, 2.05) is 0 Å². The van der Waals surface area contributed by atoms with E-state index in [1.165, 1.54) is 0 Å². The molecule has 2 aliphatic rings. The Bertz CT molecular complexity index is 334. The first-order chi connectivity index (χ1) is 7.38. The van der Waals surface area contributed by atoms with Crippen molar-refractivity contribution in [2.24, 2.45) is 5.73 Å². The molecule has 1 aliphatic heterocycles. The molecule has 90 valence electrons. The summed E-state index contributed by atoms with van der Waals surface area (Å²) in [4.78, 5) is 25.6. The Morgan fingerprint density at radius 2 is 2.06 bits per heavy atom. The van der Waals surface area contributed by atoms with Gasteiger partial charge >= 0.3 is 0 Å². The highest BCUT2D eigenvalue weighted by Gasteiger charge is 2.49. The van der Waals surface area contributed by atoms with Gasteiger partial charge in [-0.05, 0) is 33.1 Å². The van der Waals surface area contributed by atoms with Crippen molar-refractivity contribution in [2.75, 3.05) is 13.1 Å². The molecule has 0 bridgehead atoms. The molecule has 0 unspecified atom stereocenters. The van der Waals surface area contributed by atoms with Gasteiger partial charge in [0.15, 0.2) is 0 Å². The predicted molar refractivity (Wildman–Crippen MR) is 59.6 cm³/mol. The Morgan fingerprint density at radius 3 is 2.56 bits per heavy atom. The maximum absolute atomic E-state index is 12.3. The number of carbonyl (C=O) groups excluding carboxylic acids is 2. The van der Waals surface area contributed by atoms with Gasteiger partial charge in [0, 0.05) is 13.1 Å². The normalized spacial score (nSPS) is 26.9. The second-order valence-corrected chi connectivity index (χ2v) is 5.28. The van der Waals surface area contributed by atoms with E-state index in [4.69, 9.17) is 5.73 Å². The first-order valence-electron chi connectivity index (χ1n) is 5.77. The molecule has 3 N–H and O–H groups in total. The van der Waals surface area contributed by atoms with Crippen LogP contribution in [0.15, 0.2) is 0 Å². The molecular weight excluding hydrogens is 206 g/mol. The van der Waals surface area contributed by atoms with Crippen LogP contribution in [-0.4, -0.2) is 40.9 Å². The van der Waals surface area contributed by atoms with Crippen LogP contribution in [0.25, 0.3) is 0 Å². The molecule has 2 fully saturated rings. The SMILES string of the molecule is CC1(C)C(=O)NCCN1C(=O)C1(N)CCC1. The fourth-order valence-electron chi connectivity index (χ4n) is 2.30. The largest absolute Gasteiger partial charge is 0.352 e. The summed E-state index contributed by atoms with van der Waals surface area (Å²) in [5.41, 5.74) is 4.53. The molecule has 0 atom stereocenters. The van der Waals surface area contributed by atoms with E-state index in [1.54, 1.807) is 18.7 Å². The minimum absolute atomic E-state index is 0.0707. The van der Waals surface area contributed by atoms with Crippen LogP contribution in [0.4, 0.5) is 0 Å². The Labute approximate surface area is 95.3 Å². The van der Waals surface area contributed by atoms with E-state index in [9.17, 15) is 9.59 Å². The molecule has 5 nitrogen and oxygen atoms in total. The Morgan fingerprint density at radius 1 is 1.44 bits per heavy atom. The molecule has 0 aromatic rings. The van der Waals surface area contributed by atoms with Gasteiger partial charge in [0.05, 0.1) is 5.54 Å². The Kier molecular flexibility index (Phi) is 2.45. The molecular formula is C11H19N3O2. The maximum Gasteiger partial charge on any atom is 0.245 e. The molecule has 2 rings (SSSR count). The van der Waals surface area contributed by atoms with Gasteiger partial charge in [0.1, 0.15) is 5.54 Å². The number of nitrogens with zero attached hydrogens (tertiary/aromatic N) is 1. The average molecular weight is 225 g/mol. The van der Waals surface area contributed by atoms with E-state index in [-0.39, 0.29) is 11.8 Å². The summed E-state index contributed by atoms with van der Waals surface area (Å²) in [5.74, 6) is -0.173. The van der Waals surface area contributed by atoms with Crippen molar-refractivity contribution in [1.29, 1.82) is 0 Å². The van der Waals surface area contributed by atoms with Crippen molar-refractivity contribution in [3.63, 3.8) is 0 Å². The van der Waals surface area contributed by atoms with Crippen LogP contribution in [-0.2, 0) is 9.59 Å². The molecule has 1 heterocycles. The molecule has 0 radical (unpaired) electrons. The summed E-state index contributed by atoms with van der Waals surface area (Å²) in [6.07, 6.45) is 2.47. The second-order valence-electron chi connectivity index (χ2n) is 5.28. The van der Waals surface area contributed by atoms with Crippen molar-refractivity contribution in [3.05, 3.63) is 0 Å². The number of rotatable bonds is 1. The highest BCUT2D eigenvalue weighted by Crippen LogP contribution is 2.33. The van der Waals surface area contributed by atoms with Gasteiger partial charge in [-0.15, -0.1) is 0 Å². The third kappa shape index (κ3) is 1.50. The monoisotopic (exact) mass is 225 g/mol. The van der Waals surface area contributed by atoms with Gasteiger partial charge in [-0.3, -0.25) is 9.59 Å². The fraction of sp³-hybridized carbons (Fsp3) is 0.818. The molecule has 1 saturated carbocycles. The summed E-state index contributed by atoms with van der Waals surface area (Å²) in [5, 5.41) is 2.77. The van der Waals surface area contributed by atoms with Gasteiger partial charge in [-0.2, -0.15) is 0 Å². The predicted octanol–water partition coefficient (Wildman–Crippen LogP) is -0.395.